The molecule has 79 heavy (non-hydrogen) atoms. The number of carbonyl (C=O) groups excluding carboxylic acids is 1. The molecular formula is C56H66N7O13PSeSi. The zero-order chi connectivity index (χ0) is 56.3. The van der Waals surface area contributed by atoms with E-state index in [1.54, 1.807) is 56.5 Å². The molecule has 4 aromatic carbocycles. The summed E-state index contributed by atoms with van der Waals surface area (Å²) in [6, 6.07) is 35.2. The predicted molar refractivity (Wildman–Crippen MR) is 300 cm³/mol. The van der Waals surface area contributed by atoms with E-state index in [1.807, 2.05) is 91.6 Å². The second kappa shape index (κ2) is 24.0. The quantitative estimate of drug-likeness (QED) is 0.0398. The fourth-order valence-corrected chi connectivity index (χ4v) is 13.2. The summed E-state index contributed by atoms with van der Waals surface area (Å²) in [4.78, 5) is 55.1. The Balaban J connectivity index is 1.04. The van der Waals surface area contributed by atoms with Gasteiger partial charge in [-0.05, 0) is 12.1 Å². The van der Waals surface area contributed by atoms with Crippen LogP contribution in [0.1, 0.15) is 60.3 Å². The van der Waals surface area contributed by atoms with Crippen LogP contribution in [0.25, 0.3) is 11.2 Å². The topological polar surface area (TPSA) is 220 Å². The molecule has 3 aromatic heterocycles. The van der Waals surface area contributed by atoms with Gasteiger partial charge in [-0.1, -0.05) is 18.2 Å². The number of imidazole rings is 1. The summed E-state index contributed by atoms with van der Waals surface area (Å²) in [6.45, 7) is 12.5. The fourth-order valence-electron chi connectivity index (χ4n) is 9.69. The number of amides is 1. The van der Waals surface area contributed by atoms with Crippen LogP contribution in [0.2, 0.25) is 18.1 Å². The Labute approximate surface area is 466 Å². The maximum absolute atomic E-state index is 13.5. The number of ether oxygens (including phenoxy) is 7. The van der Waals surface area contributed by atoms with E-state index in [1.165, 1.54) is 30.3 Å². The van der Waals surface area contributed by atoms with E-state index in [9.17, 15) is 14.4 Å². The van der Waals surface area contributed by atoms with Gasteiger partial charge in [0.25, 0.3) is 0 Å². The standard InChI is InChI=1S/C56H66N7O13PSeSi/c1-55(2,3)79(9,10)76-46-42(74-53(48(46)70-7)63-34-59-44-49(57-33-58-50(44)63)61-51(65)35-17-13-11-14-18-35)32-72-77(8,78)75-45-41(73-52(47(45)69-6)62-30-29-43(64)60-54(62)66)31-71-56(36-19-15-12-16-20-36,37-21-25-39(67-4)26-22-37)38-23-27-40(68-5)28-24-38/h11-30,33-34,41-42,45-48,52-53H,31-32H2,1-10H3,(H,60,64,66)(H,57,58,61,65)/t41-,42-,45-,46-,47-,48-,52-,53-,77?/m1/s1. The van der Waals surface area contributed by atoms with Crippen LogP contribution in [0.3, 0.4) is 0 Å². The molecule has 2 fully saturated rings. The summed E-state index contributed by atoms with van der Waals surface area (Å²) in [5.74, 6) is -1.89. The van der Waals surface area contributed by atoms with Gasteiger partial charge in [0.05, 0.1) is 14.2 Å². The first-order valence-electron chi connectivity index (χ1n) is 25.6. The molecular weight excluding hydrogens is 1120 g/mol. The van der Waals surface area contributed by atoms with Gasteiger partial charge >= 0.3 is 414 Å². The van der Waals surface area contributed by atoms with Crippen molar-refractivity contribution in [2.45, 2.75) is 93.6 Å². The zero-order valence-electron chi connectivity index (χ0n) is 45.6. The molecule has 0 bridgehead atoms. The molecule has 9 atom stereocenters. The monoisotopic (exact) mass is 1180 g/mol. The van der Waals surface area contributed by atoms with E-state index in [2.05, 4.69) is 74.2 Å². The summed E-state index contributed by atoms with van der Waals surface area (Å²) < 4.78 is 69.0. The van der Waals surface area contributed by atoms with Crippen molar-refractivity contribution in [2.75, 3.05) is 53.6 Å². The summed E-state index contributed by atoms with van der Waals surface area (Å²) >= 11 is 3.21. The number of rotatable bonds is 21. The van der Waals surface area contributed by atoms with Gasteiger partial charge in [-0.3, -0.25) is 4.79 Å². The summed E-state index contributed by atoms with van der Waals surface area (Å²) in [5.41, 5.74) is 1.05. The average molecular weight is 1180 g/mol. The number of aromatic amines is 1. The van der Waals surface area contributed by atoms with Crippen LogP contribution in [0.5, 0.6) is 11.5 Å². The van der Waals surface area contributed by atoms with Crippen LogP contribution in [-0.4, -0.2) is 143 Å². The van der Waals surface area contributed by atoms with E-state index in [0.717, 1.165) is 16.7 Å². The van der Waals surface area contributed by atoms with Crippen molar-refractivity contribution in [3.05, 3.63) is 177 Å². The van der Waals surface area contributed by atoms with Crippen LogP contribution < -0.4 is 26.0 Å². The second-order valence-electron chi connectivity index (χ2n) is 20.7. The van der Waals surface area contributed by atoms with Gasteiger partial charge in [0.1, 0.15) is 0 Å². The predicted octanol–water partition coefficient (Wildman–Crippen LogP) is 7.83. The Bertz CT molecular complexity index is 3340. The Hall–Kier alpha value is -5.97. The first-order chi connectivity index (χ1) is 37.8. The first kappa shape index (κ1) is 57.7. The van der Waals surface area contributed by atoms with Crippen molar-refractivity contribution >= 4 is 52.3 Å². The van der Waals surface area contributed by atoms with Crippen LogP contribution in [-0.2, 0) is 42.8 Å². The fraction of sp³-hybridized carbons (Fsp3) is 0.393. The van der Waals surface area contributed by atoms with Crippen molar-refractivity contribution in [3.8, 4) is 11.5 Å². The normalized spacial score (nSPS) is 22.4. The van der Waals surface area contributed by atoms with E-state index in [0.29, 0.717) is 28.2 Å². The van der Waals surface area contributed by atoms with Gasteiger partial charge in [0.2, 0.25) is 0 Å². The molecule has 9 rings (SSSR count). The number of hydrogen-bond acceptors (Lipinski definition) is 16. The van der Waals surface area contributed by atoms with E-state index in [4.69, 9.17) is 46.6 Å². The first-order valence-corrected chi connectivity index (χ1v) is 32.8. The van der Waals surface area contributed by atoms with Crippen LogP contribution in [0, 0.1) is 0 Å². The molecule has 0 spiro atoms. The third-order valence-corrected chi connectivity index (χ3v) is 21.7. The molecule has 20 nitrogen and oxygen atoms in total. The Morgan fingerprint density at radius 2 is 1.28 bits per heavy atom. The van der Waals surface area contributed by atoms with Crippen molar-refractivity contribution in [2.24, 2.45) is 0 Å². The van der Waals surface area contributed by atoms with E-state index in [-0.39, 0.29) is 30.0 Å². The molecule has 1 unspecified atom stereocenters. The number of aromatic nitrogens is 6. The zero-order valence-corrected chi connectivity index (χ0v) is 49.2. The summed E-state index contributed by atoms with van der Waals surface area (Å²) in [7, 11) is 3.79. The van der Waals surface area contributed by atoms with E-state index >= 15 is 0 Å². The maximum atomic E-state index is 13.5. The molecule has 1 amide bonds. The number of fused-ring (bicyclic) bond motifs is 1. The molecule has 2 N–H and O–H groups in total. The number of H-pyrrole nitrogens is 1. The van der Waals surface area contributed by atoms with Gasteiger partial charge < -0.3 is 0 Å². The Morgan fingerprint density at radius 3 is 1.85 bits per heavy atom. The minimum atomic E-state index is -3.09. The summed E-state index contributed by atoms with van der Waals surface area (Å²) in [6.07, 6.45) is -2.51. The SMILES string of the molecule is COc1ccc(C(OC[C@H]2O[C@@H](n3ccc(=O)[nH]c3=O)[C@H](OC)[C@@H]2OP(C)(=[Se])OC[C@H]2O[C@@H](n3cnc4c(NC(=O)c5ccccc5)ncnc43)[C@H](OC)[C@@H]2O[Si](C)(C)C(C)(C)C)(c2ccccc2)c2ccc(OC)cc2)cc1. The number of nitrogens with one attached hydrogen (secondary N) is 2. The van der Waals surface area contributed by atoms with Crippen LogP contribution in [0.15, 0.2) is 144 Å². The molecule has 23 heteroatoms. The minimum absolute atomic E-state index is 0.0335. The van der Waals surface area contributed by atoms with Gasteiger partial charge in [-0.2, -0.15) is 0 Å². The average Bonchev–Trinajstić information content (AvgIpc) is 4.35. The molecule has 0 radical (unpaired) electrons. The van der Waals surface area contributed by atoms with Crippen LogP contribution in [0.4, 0.5) is 5.82 Å². The summed E-state index contributed by atoms with van der Waals surface area (Å²) in [5, 5.41) is 2.68. The second-order valence-corrected chi connectivity index (χ2v) is 31.7. The number of methoxy groups -OCH3 is 4. The van der Waals surface area contributed by atoms with Crippen molar-refractivity contribution in [3.63, 3.8) is 0 Å². The molecule has 0 saturated carbocycles. The molecule has 0 aliphatic carbocycles. The van der Waals surface area contributed by atoms with Gasteiger partial charge in [0.15, 0.2) is 0 Å². The van der Waals surface area contributed by atoms with Crippen molar-refractivity contribution in [1.82, 2.24) is 29.1 Å². The Kier molecular flexibility index (Phi) is 17.5. The number of nitrogens with zero attached hydrogens (tertiary/aromatic N) is 5. The number of hydrogen-bond donors (Lipinski definition) is 2. The van der Waals surface area contributed by atoms with Crippen LogP contribution >= 0.6 is 5.96 Å². The number of anilines is 1. The van der Waals surface area contributed by atoms with Gasteiger partial charge in [-0.25, -0.2) is 0 Å². The number of benzene rings is 4. The molecule has 418 valence electrons. The molecule has 5 heterocycles. The Morgan fingerprint density at radius 1 is 0.722 bits per heavy atom. The van der Waals surface area contributed by atoms with Gasteiger partial charge in [0, 0.05) is 5.56 Å². The molecule has 7 aromatic rings. The molecule has 2 aliphatic rings. The van der Waals surface area contributed by atoms with E-state index < -0.39 is 80.2 Å². The molecule has 2 aliphatic heterocycles. The number of carbonyl (C=O) groups is 1. The third kappa shape index (κ3) is 12.1. The van der Waals surface area contributed by atoms with Crippen molar-refractivity contribution < 1.29 is 51.4 Å². The molecule has 2 saturated heterocycles. The van der Waals surface area contributed by atoms with Gasteiger partial charge in [-0.15, -0.1) is 0 Å². The third-order valence-electron chi connectivity index (χ3n) is 14.8. The van der Waals surface area contributed by atoms with Crippen molar-refractivity contribution in [1.29, 1.82) is 0 Å².